The summed E-state index contributed by atoms with van der Waals surface area (Å²) in [6.07, 6.45) is 2.64. The van der Waals surface area contributed by atoms with Gasteiger partial charge in [0, 0.05) is 37.8 Å². The molecule has 1 amide bonds. The van der Waals surface area contributed by atoms with Gasteiger partial charge in [-0.05, 0) is 49.6 Å². The average Bonchev–Trinajstić information content (AvgIpc) is 2.78. The van der Waals surface area contributed by atoms with Crippen LogP contribution in [0.3, 0.4) is 0 Å². The Morgan fingerprint density at radius 1 is 1.17 bits per heavy atom. The van der Waals surface area contributed by atoms with Crippen LogP contribution in [0.5, 0.6) is 11.6 Å². The Labute approximate surface area is 177 Å². The average molecular weight is 434 g/mol. The Balaban J connectivity index is 1.52. The van der Waals surface area contributed by atoms with Gasteiger partial charge in [0.25, 0.3) is 0 Å². The quantitative estimate of drug-likeness (QED) is 0.685. The van der Waals surface area contributed by atoms with Crippen molar-refractivity contribution in [2.45, 2.75) is 31.2 Å². The molecule has 2 heterocycles. The molecule has 162 valence electrons. The SMILES string of the molecule is CCOc1ccc(S(=O)(=O)N2CCC(C(=O)NCc3ccc(OC)nc3)CC2)cc1. The Kier molecular flexibility index (Phi) is 7.28. The van der Waals surface area contributed by atoms with Crippen molar-refractivity contribution >= 4 is 15.9 Å². The summed E-state index contributed by atoms with van der Waals surface area (Å²) in [5.74, 6) is 0.886. The minimum absolute atomic E-state index is 0.0658. The van der Waals surface area contributed by atoms with E-state index in [1.165, 1.54) is 4.31 Å². The van der Waals surface area contributed by atoms with Crippen LogP contribution in [0, 0.1) is 5.92 Å². The van der Waals surface area contributed by atoms with Crippen LogP contribution in [0.25, 0.3) is 0 Å². The number of carbonyl (C=O) groups is 1. The highest BCUT2D eigenvalue weighted by molar-refractivity contribution is 7.89. The number of carbonyl (C=O) groups excluding carboxylic acids is 1. The third-order valence-corrected chi connectivity index (χ3v) is 6.98. The first kappa shape index (κ1) is 22.0. The molecule has 1 aromatic heterocycles. The van der Waals surface area contributed by atoms with Crippen LogP contribution < -0.4 is 14.8 Å². The van der Waals surface area contributed by atoms with Gasteiger partial charge in [-0.25, -0.2) is 13.4 Å². The smallest absolute Gasteiger partial charge is 0.243 e. The van der Waals surface area contributed by atoms with Crippen molar-refractivity contribution in [2.75, 3.05) is 26.8 Å². The molecule has 1 aliphatic heterocycles. The zero-order chi connectivity index (χ0) is 21.6. The van der Waals surface area contributed by atoms with E-state index in [0.717, 1.165) is 5.56 Å². The predicted octanol–water partition coefficient (Wildman–Crippen LogP) is 2.21. The molecule has 0 spiro atoms. The first-order valence-electron chi connectivity index (χ1n) is 9.93. The monoisotopic (exact) mass is 433 g/mol. The van der Waals surface area contributed by atoms with Gasteiger partial charge in [0.1, 0.15) is 5.75 Å². The second-order valence-corrected chi connectivity index (χ2v) is 8.95. The van der Waals surface area contributed by atoms with Gasteiger partial charge in [-0.3, -0.25) is 4.79 Å². The van der Waals surface area contributed by atoms with E-state index >= 15 is 0 Å². The maximum absolute atomic E-state index is 12.9. The number of ether oxygens (including phenoxy) is 2. The third-order valence-electron chi connectivity index (χ3n) is 5.07. The normalized spacial score (nSPS) is 15.5. The molecule has 0 saturated carbocycles. The number of aromatic nitrogens is 1. The molecule has 9 heteroatoms. The predicted molar refractivity (Wildman–Crippen MR) is 112 cm³/mol. The number of methoxy groups -OCH3 is 1. The number of sulfonamides is 1. The van der Waals surface area contributed by atoms with E-state index in [1.54, 1.807) is 43.6 Å². The maximum Gasteiger partial charge on any atom is 0.243 e. The first-order chi connectivity index (χ1) is 14.4. The molecule has 8 nitrogen and oxygen atoms in total. The van der Waals surface area contributed by atoms with E-state index in [1.807, 2.05) is 13.0 Å². The number of nitrogens with one attached hydrogen (secondary N) is 1. The number of pyridine rings is 1. The van der Waals surface area contributed by atoms with Gasteiger partial charge in [-0.2, -0.15) is 4.31 Å². The number of hydrogen-bond acceptors (Lipinski definition) is 6. The number of benzene rings is 1. The van der Waals surface area contributed by atoms with Gasteiger partial charge in [-0.15, -0.1) is 0 Å². The number of rotatable bonds is 8. The molecular formula is C21H27N3O5S. The van der Waals surface area contributed by atoms with Crippen LogP contribution in [0.15, 0.2) is 47.5 Å². The van der Waals surface area contributed by atoms with Crippen molar-refractivity contribution in [1.82, 2.24) is 14.6 Å². The Bertz CT molecular complexity index is 938. The van der Waals surface area contributed by atoms with Crippen molar-refractivity contribution in [2.24, 2.45) is 5.92 Å². The lowest BCUT2D eigenvalue weighted by Gasteiger charge is -2.30. The summed E-state index contributed by atoms with van der Waals surface area (Å²) in [4.78, 5) is 16.8. The summed E-state index contributed by atoms with van der Waals surface area (Å²) in [5.41, 5.74) is 0.875. The summed E-state index contributed by atoms with van der Waals surface area (Å²) in [6.45, 7) is 3.41. The Hall–Kier alpha value is -2.65. The second kappa shape index (κ2) is 9.90. The summed E-state index contributed by atoms with van der Waals surface area (Å²) >= 11 is 0. The number of amides is 1. The molecule has 30 heavy (non-hydrogen) atoms. The molecular weight excluding hydrogens is 406 g/mol. The fraction of sp³-hybridized carbons (Fsp3) is 0.429. The lowest BCUT2D eigenvalue weighted by Crippen LogP contribution is -2.42. The van der Waals surface area contributed by atoms with Crippen molar-refractivity contribution in [3.05, 3.63) is 48.2 Å². The van der Waals surface area contributed by atoms with Crippen molar-refractivity contribution in [1.29, 1.82) is 0 Å². The molecule has 1 saturated heterocycles. The summed E-state index contributed by atoms with van der Waals surface area (Å²) < 4.78 is 37.6. The summed E-state index contributed by atoms with van der Waals surface area (Å²) in [5, 5.41) is 2.91. The van der Waals surface area contributed by atoms with Crippen LogP contribution in [0.1, 0.15) is 25.3 Å². The minimum atomic E-state index is -3.58. The largest absolute Gasteiger partial charge is 0.494 e. The molecule has 0 unspecified atom stereocenters. The number of nitrogens with zero attached hydrogens (tertiary/aromatic N) is 2. The topological polar surface area (TPSA) is 97.8 Å². The highest BCUT2D eigenvalue weighted by atomic mass is 32.2. The fourth-order valence-electron chi connectivity index (χ4n) is 3.35. The third kappa shape index (κ3) is 5.28. The highest BCUT2D eigenvalue weighted by Crippen LogP contribution is 2.25. The molecule has 1 aromatic carbocycles. The molecule has 0 atom stereocenters. The Morgan fingerprint density at radius 2 is 1.87 bits per heavy atom. The summed E-state index contributed by atoms with van der Waals surface area (Å²) in [7, 11) is -2.03. The first-order valence-corrected chi connectivity index (χ1v) is 11.4. The highest BCUT2D eigenvalue weighted by Gasteiger charge is 2.32. The zero-order valence-electron chi connectivity index (χ0n) is 17.2. The van der Waals surface area contributed by atoms with Gasteiger partial charge in [0.15, 0.2) is 0 Å². The maximum atomic E-state index is 12.9. The molecule has 2 aromatic rings. The molecule has 0 bridgehead atoms. The zero-order valence-corrected chi connectivity index (χ0v) is 18.0. The molecule has 0 aliphatic carbocycles. The lowest BCUT2D eigenvalue weighted by atomic mass is 9.97. The van der Waals surface area contributed by atoms with Crippen LogP contribution in [-0.4, -0.2) is 50.4 Å². The molecule has 0 radical (unpaired) electrons. The van der Waals surface area contributed by atoms with Crippen molar-refractivity contribution < 1.29 is 22.7 Å². The fourth-order valence-corrected chi connectivity index (χ4v) is 4.82. The van der Waals surface area contributed by atoms with Gasteiger partial charge >= 0.3 is 0 Å². The van der Waals surface area contributed by atoms with Crippen LogP contribution in [0.4, 0.5) is 0 Å². The number of hydrogen-bond donors (Lipinski definition) is 1. The van der Waals surface area contributed by atoms with E-state index in [9.17, 15) is 13.2 Å². The summed E-state index contributed by atoms with van der Waals surface area (Å²) in [6, 6.07) is 10.0. The van der Waals surface area contributed by atoms with Crippen LogP contribution in [0.2, 0.25) is 0 Å². The standard InChI is InChI=1S/C21H27N3O5S/c1-3-29-18-5-7-19(8-6-18)30(26,27)24-12-10-17(11-13-24)21(25)23-15-16-4-9-20(28-2)22-14-16/h4-9,14,17H,3,10-13,15H2,1-2H3,(H,23,25). The van der Waals surface area contributed by atoms with Crippen molar-refractivity contribution in [3.63, 3.8) is 0 Å². The second-order valence-electron chi connectivity index (χ2n) is 7.01. The van der Waals surface area contributed by atoms with Gasteiger partial charge < -0.3 is 14.8 Å². The molecule has 1 N–H and O–H groups in total. The van der Waals surface area contributed by atoms with Gasteiger partial charge in [-0.1, -0.05) is 6.07 Å². The van der Waals surface area contributed by atoms with Gasteiger partial charge in [0.2, 0.25) is 21.8 Å². The van der Waals surface area contributed by atoms with Gasteiger partial charge in [0.05, 0.1) is 18.6 Å². The molecule has 1 fully saturated rings. The van der Waals surface area contributed by atoms with E-state index < -0.39 is 10.0 Å². The Morgan fingerprint density at radius 3 is 2.43 bits per heavy atom. The van der Waals surface area contributed by atoms with E-state index in [2.05, 4.69) is 10.3 Å². The van der Waals surface area contributed by atoms with E-state index in [0.29, 0.717) is 50.7 Å². The van der Waals surface area contributed by atoms with Crippen molar-refractivity contribution in [3.8, 4) is 11.6 Å². The van der Waals surface area contributed by atoms with Crippen LogP contribution in [-0.2, 0) is 21.4 Å². The lowest BCUT2D eigenvalue weighted by molar-refractivity contribution is -0.126. The number of piperidine rings is 1. The van der Waals surface area contributed by atoms with E-state index in [-0.39, 0.29) is 16.7 Å². The molecule has 3 rings (SSSR count). The molecule has 1 aliphatic rings. The van der Waals surface area contributed by atoms with E-state index in [4.69, 9.17) is 9.47 Å². The minimum Gasteiger partial charge on any atom is -0.494 e. The van der Waals surface area contributed by atoms with Crippen LogP contribution >= 0.6 is 0 Å².